The van der Waals surface area contributed by atoms with E-state index >= 15 is 0 Å². The number of rotatable bonds is 2. The van der Waals surface area contributed by atoms with Gasteiger partial charge in [0.1, 0.15) is 17.4 Å². The molecular weight excluding hydrogens is 271 g/mol. The van der Waals surface area contributed by atoms with E-state index in [2.05, 4.69) is 5.10 Å². The number of hydrogen-bond donors (Lipinski definition) is 0. The van der Waals surface area contributed by atoms with Crippen molar-refractivity contribution in [3.05, 3.63) is 62.3 Å². The zero-order valence-electron chi connectivity index (χ0n) is 11.5. The van der Waals surface area contributed by atoms with E-state index in [0.29, 0.717) is 16.8 Å². The quantitative estimate of drug-likeness (QED) is 0.840. The second-order valence-corrected chi connectivity index (χ2v) is 4.58. The number of hydrogen-bond acceptors (Lipinski definition) is 4. The highest BCUT2D eigenvalue weighted by Gasteiger charge is 2.13. The Bertz CT molecular complexity index is 856. The molecule has 1 heterocycles. The molecule has 0 aliphatic rings. The average Bonchev–Trinajstić information content (AvgIpc) is 2.47. The summed E-state index contributed by atoms with van der Waals surface area (Å²) in [5.74, 6) is -0.528. The number of benzene rings is 1. The van der Waals surface area contributed by atoms with Gasteiger partial charge in [-0.3, -0.25) is 4.79 Å². The van der Waals surface area contributed by atoms with Gasteiger partial charge >= 0.3 is 0 Å². The van der Waals surface area contributed by atoms with Crippen LogP contribution in [0.5, 0.6) is 0 Å². The van der Waals surface area contributed by atoms with Crippen LogP contribution in [-0.2, 0) is 6.54 Å². The van der Waals surface area contributed by atoms with Gasteiger partial charge in [-0.15, -0.1) is 0 Å². The second kappa shape index (κ2) is 5.56. The molecule has 104 valence electrons. The summed E-state index contributed by atoms with van der Waals surface area (Å²) in [5.41, 5.74) is 0.953. The summed E-state index contributed by atoms with van der Waals surface area (Å²) in [7, 11) is 0. The molecule has 0 atom stereocenters. The van der Waals surface area contributed by atoms with E-state index in [-0.39, 0.29) is 17.7 Å². The van der Waals surface area contributed by atoms with Crippen LogP contribution in [0.3, 0.4) is 0 Å². The molecule has 0 radical (unpaired) electrons. The van der Waals surface area contributed by atoms with Crippen LogP contribution in [0.1, 0.15) is 27.9 Å². The Hall–Kier alpha value is -2.99. The lowest BCUT2D eigenvalue weighted by atomic mass is 10.1. The van der Waals surface area contributed by atoms with Crippen LogP contribution in [0.2, 0.25) is 0 Å². The fraction of sp³-hybridized carbons (Fsp3) is 0.200. The monoisotopic (exact) mass is 282 g/mol. The van der Waals surface area contributed by atoms with Crippen molar-refractivity contribution in [2.45, 2.75) is 20.4 Å². The topological polar surface area (TPSA) is 82.5 Å². The molecule has 0 amide bonds. The average molecular weight is 282 g/mol. The van der Waals surface area contributed by atoms with Crippen molar-refractivity contribution in [1.82, 2.24) is 9.78 Å². The summed E-state index contributed by atoms with van der Waals surface area (Å²) >= 11 is 0. The first-order chi connectivity index (χ1) is 9.97. The highest BCUT2D eigenvalue weighted by atomic mass is 19.1. The van der Waals surface area contributed by atoms with Crippen LogP contribution < -0.4 is 5.56 Å². The first-order valence-corrected chi connectivity index (χ1v) is 6.15. The third-order valence-electron chi connectivity index (χ3n) is 3.24. The number of nitriles is 2. The summed E-state index contributed by atoms with van der Waals surface area (Å²) in [5, 5.41) is 22.0. The maximum atomic E-state index is 13.8. The summed E-state index contributed by atoms with van der Waals surface area (Å²) in [6.07, 6.45) is 0. The molecule has 0 spiro atoms. The molecule has 2 aromatic rings. The molecule has 0 aliphatic carbocycles. The Morgan fingerprint density at radius 2 is 2.00 bits per heavy atom. The maximum Gasteiger partial charge on any atom is 0.285 e. The van der Waals surface area contributed by atoms with E-state index in [1.165, 1.54) is 18.2 Å². The first-order valence-electron chi connectivity index (χ1n) is 6.15. The molecule has 0 aliphatic heterocycles. The van der Waals surface area contributed by atoms with Crippen LogP contribution in [0.15, 0.2) is 23.0 Å². The first kappa shape index (κ1) is 14.4. The molecule has 2 rings (SSSR count). The van der Waals surface area contributed by atoms with Gasteiger partial charge in [-0.05, 0) is 37.6 Å². The predicted octanol–water partition coefficient (Wildman–Crippen LogP) is 1.79. The molecule has 0 bridgehead atoms. The Kier molecular flexibility index (Phi) is 3.82. The van der Waals surface area contributed by atoms with E-state index in [1.807, 2.05) is 12.1 Å². The molecule has 0 fully saturated rings. The van der Waals surface area contributed by atoms with Gasteiger partial charge in [0, 0.05) is 5.56 Å². The van der Waals surface area contributed by atoms with Crippen molar-refractivity contribution >= 4 is 0 Å². The van der Waals surface area contributed by atoms with E-state index in [4.69, 9.17) is 10.5 Å². The van der Waals surface area contributed by atoms with Crippen LogP contribution in [0.25, 0.3) is 0 Å². The molecule has 5 nitrogen and oxygen atoms in total. The lowest BCUT2D eigenvalue weighted by Gasteiger charge is -2.10. The zero-order valence-corrected chi connectivity index (χ0v) is 11.5. The van der Waals surface area contributed by atoms with Crippen LogP contribution in [0.4, 0.5) is 4.39 Å². The molecule has 1 aromatic carbocycles. The third kappa shape index (κ3) is 2.65. The van der Waals surface area contributed by atoms with Crippen molar-refractivity contribution in [3.63, 3.8) is 0 Å². The predicted molar refractivity (Wildman–Crippen MR) is 72.9 cm³/mol. The maximum absolute atomic E-state index is 13.8. The van der Waals surface area contributed by atoms with Crippen molar-refractivity contribution in [3.8, 4) is 12.1 Å². The van der Waals surface area contributed by atoms with Gasteiger partial charge in [-0.25, -0.2) is 9.07 Å². The highest BCUT2D eigenvalue weighted by molar-refractivity contribution is 5.37. The summed E-state index contributed by atoms with van der Waals surface area (Å²) in [4.78, 5) is 12.1. The Morgan fingerprint density at radius 1 is 1.29 bits per heavy atom. The minimum atomic E-state index is -0.567. The molecule has 0 saturated carbocycles. The van der Waals surface area contributed by atoms with Gasteiger partial charge in [-0.1, -0.05) is 0 Å². The fourth-order valence-electron chi connectivity index (χ4n) is 1.94. The second-order valence-electron chi connectivity index (χ2n) is 4.58. The smallest absolute Gasteiger partial charge is 0.266 e. The number of halogens is 1. The normalized spacial score (nSPS) is 9.95. The SMILES string of the molecule is Cc1nn(Cc2cc(C#N)ccc2F)c(=O)c(C#N)c1C. The zero-order chi connectivity index (χ0) is 15.6. The minimum Gasteiger partial charge on any atom is -0.266 e. The lowest BCUT2D eigenvalue weighted by molar-refractivity contribution is 0.566. The van der Waals surface area contributed by atoms with E-state index < -0.39 is 11.4 Å². The standard InChI is InChI=1S/C15H11FN4O/c1-9-10(2)19-20(15(21)13(9)7-18)8-12-5-11(6-17)3-4-14(12)16/h3-5H,8H2,1-2H3. The van der Waals surface area contributed by atoms with Crippen molar-refractivity contribution < 1.29 is 4.39 Å². The summed E-state index contributed by atoms with van der Waals surface area (Å²) in [6.45, 7) is 3.19. The van der Waals surface area contributed by atoms with Crippen molar-refractivity contribution in [1.29, 1.82) is 10.5 Å². The lowest BCUT2D eigenvalue weighted by Crippen LogP contribution is -2.28. The highest BCUT2D eigenvalue weighted by Crippen LogP contribution is 2.12. The molecule has 6 heteroatoms. The molecule has 0 unspecified atom stereocenters. The summed E-state index contributed by atoms with van der Waals surface area (Å²) in [6, 6.07) is 7.65. The van der Waals surface area contributed by atoms with Crippen LogP contribution in [-0.4, -0.2) is 9.78 Å². The molecular formula is C15H11FN4O. The van der Waals surface area contributed by atoms with Gasteiger partial charge in [0.2, 0.25) is 0 Å². The largest absolute Gasteiger partial charge is 0.285 e. The number of nitrogens with zero attached hydrogens (tertiary/aromatic N) is 4. The number of aryl methyl sites for hydroxylation is 1. The van der Waals surface area contributed by atoms with Gasteiger partial charge in [0.25, 0.3) is 5.56 Å². The van der Waals surface area contributed by atoms with E-state index in [1.54, 1.807) is 13.8 Å². The van der Waals surface area contributed by atoms with Gasteiger partial charge in [0.05, 0.1) is 23.9 Å². The number of aromatic nitrogens is 2. The molecule has 0 N–H and O–H groups in total. The van der Waals surface area contributed by atoms with E-state index in [0.717, 1.165) is 4.68 Å². The summed E-state index contributed by atoms with van der Waals surface area (Å²) < 4.78 is 14.8. The Morgan fingerprint density at radius 3 is 2.62 bits per heavy atom. The molecule has 21 heavy (non-hydrogen) atoms. The van der Waals surface area contributed by atoms with Gasteiger partial charge < -0.3 is 0 Å². The van der Waals surface area contributed by atoms with Crippen molar-refractivity contribution in [2.24, 2.45) is 0 Å². The molecule has 0 saturated heterocycles. The third-order valence-corrected chi connectivity index (χ3v) is 3.24. The Labute approximate surface area is 120 Å². The fourth-order valence-corrected chi connectivity index (χ4v) is 1.94. The minimum absolute atomic E-state index is 0.000606. The van der Waals surface area contributed by atoms with Crippen LogP contribution >= 0.6 is 0 Å². The van der Waals surface area contributed by atoms with Crippen LogP contribution in [0, 0.1) is 42.3 Å². The Balaban J connectivity index is 2.56. The van der Waals surface area contributed by atoms with E-state index in [9.17, 15) is 9.18 Å². The van der Waals surface area contributed by atoms with Gasteiger partial charge in [-0.2, -0.15) is 15.6 Å². The molecule has 1 aromatic heterocycles. The van der Waals surface area contributed by atoms with Gasteiger partial charge in [0.15, 0.2) is 0 Å². The van der Waals surface area contributed by atoms with Crippen molar-refractivity contribution in [2.75, 3.05) is 0 Å².